The Morgan fingerprint density at radius 3 is 2.80 bits per heavy atom. The maximum Gasteiger partial charge on any atom is 0.317 e. The predicted molar refractivity (Wildman–Crippen MR) is 99.3 cm³/mol. The fourth-order valence-electron chi connectivity index (χ4n) is 3.64. The van der Waals surface area contributed by atoms with Crippen LogP contribution in [0.1, 0.15) is 37.1 Å². The third-order valence-electron chi connectivity index (χ3n) is 5.23. The van der Waals surface area contributed by atoms with E-state index in [1.165, 1.54) is 18.4 Å². The van der Waals surface area contributed by atoms with Crippen LogP contribution in [0.15, 0.2) is 5.38 Å². The van der Waals surface area contributed by atoms with Crippen LogP contribution < -0.4 is 5.32 Å². The van der Waals surface area contributed by atoms with Crippen molar-refractivity contribution in [2.75, 3.05) is 18.4 Å². The van der Waals surface area contributed by atoms with Gasteiger partial charge in [-0.3, -0.25) is 9.69 Å². The van der Waals surface area contributed by atoms with Crippen LogP contribution in [0.5, 0.6) is 0 Å². The number of hydrogen-bond acceptors (Lipinski definition) is 6. The number of aromatic nitrogens is 2. The van der Waals surface area contributed by atoms with Gasteiger partial charge in [0.1, 0.15) is 16.5 Å². The highest BCUT2D eigenvalue weighted by molar-refractivity contribution is 7.17. The van der Waals surface area contributed by atoms with Gasteiger partial charge >= 0.3 is 5.97 Å². The molecule has 0 atom stereocenters. The maximum atomic E-state index is 11.1. The van der Waals surface area contributed by atoms with Crippen molar-refractivity contribution < 1.29 is 9.90 Å². The first-order chi connectivity index (χ1) is 12.0. The molecule has 2 aromatic heterocycles. The lowest BCUT2D eigenvalue weighted by Gasteiger charge is -2.43. The van der Waals surface area contributed by atoms with Crippen LogP contribution in [0, 0.1) is 19.8 Å². The van der Waals surface area contributed by atoms with Gasteiger partial charge in [-0.1, -0.05) is 0 Å². The number of nitrogens with zero attached hydrogens (tertiary/aromatic N) is 3. The summed E-state index contributed by atoms with van der Waals surface area (Å²) in [7, 11) is 0. The van der Waals surface area contributed by atoms with E-state index >= 15 is 0 Å². The van der Waals surface area contributed by atoms with Gasteiger partial charge in [-0.25, -0.2) is 9.97 Å². The second-order valence-corrected chi connectivity index (χ2v) is 8.31. The normalized spacial score (nSPS) is 23.0. The molecular formula is C18H24N4O2S. The Balaban J connectivity index is 1.42. The topological polar surface area (TPSA) is 78.4 Å². The molecule has 2 fully saturated rings. The van der Waals surface area contributed by atoms with Crippen LogP contribution in [0.3, 0.4) is 0 Å². The molecule has 0 radical (unpaired) electrons. The number of anilines is 1. The molecule has 2 N–H and O–H groups in total. The number of thiophene rings is 1. The number of fused-ring (bicyclic) bond motifs is 1. The van der Waals surface area contributed by atoms with Gasteiger partial charge in [-0.2, -0.15) is 0 Å². The molecule has 0 unspecified atom stereocenters. The van der Waals surface area contributed by atoms with E-state index < -0.39 is 5.97 Å². The summed E-state index contributed by atoms with van der Waals surface area (Å²) >= 11 is 1.66. The highest BCUT2D eigenvalue weighted by Crippen LogP contribution is 2.36. The highest BCUT2D eigenvalue weighted by atomic mass is 32.1. The van der Waals surface area contributed by atoms with E-state index in [1.54, 1.807) is 11.3 Å². The SMILES string of the molecule is Cc1nc(NC2CC(N(CC(=O)O)CC3CC3)C2)c2c(C)csc2n1. The Morgan fingerprint density at radius 2 is 2.12 bits per heavy atom. The molecule has 2 saturated carbocycles. The molecule has 0 aromatic carbocycles. The first-order valence-electron chi connectivity index (χ1n) is 8.94. The van der Waals surface area contributed by atoms with E-state index in [1.807, 2.05) is 6.92 Å². The zero-order chi connectivity index (χ0) is 17.6. The fourth-order valence-corrected chi connectivity index (χ4v) is 4.61. The van der Waals surface area contributed by atoms with Gasteiger partial charge in [0.05, 0.1) is 11.9 Å². The van der Waals surface area contributed by atoms with Crippen molar-refractivity contribution in [2.45, 2.75) is 51.6 Å². The van der Waals surface area contributed by atoms with Gasteiger partial charge < -0.3 is 10.4 Å². The number of carboxylic acid groups (broad SMARTS) is 1. The van der Waals surface area contributed by atoms with Gasteiger partial charge in [0, 0.05) is 18.6 Å². The molecule has 2 aliphatic rings. The molecule has 4 rings (SSSR count). The summed E-state index contributed by atoms with van der Waals surface area (Å²) < 4.78 is 0. The Morgan fingerprint density at radius 1 is 1.36 bits per heavy atom. The predicted octanol–water partition coefficient (Wildman–Crippen LogP) is 3.05. The number of carboxylic acids is 1. The minimum Gasteiger partial charge on any atom is -0.480 e. The highest BCUT2D eigenvalue weighted by Gasteiger charge is 2.37. The van der Waals surface area contributed by atoms with E-state index in [0.29, 0.717) is 18.0 Å². The van der Waals surface area contributed by atoms with Gasteiger partial charge in [-0.15, -0.1) is 11.3 Å². The summed E-state index contributed by atoms with van der Waals surface area (Å²) in [5.74, 6) is 1.70. The molecule has 0 amide bonds. The van der Waals surface area contributed by atoms with Crippen LogP contribution in [-0.4, -0.2) is 51.1 Å². The Hall–Kier alpha value is -1.73. The van der Waals surface area contributed by atoms with E-state index in [2.05, 4.69) is 32.5 Å². The Labute approximate surface area is 151 Å². The van der Waals surface area contributed by atoms with Gasteiger partial charge in [0.2, 0.25) is 0 Å². The maximum absolute atomic E-state index is 11.1. The molecule has 0 aliphatic heterocycles. The summed E-state index contributed by atoms with van der Waals surface area (Å²) in [4.78, 5) is 23.5. The van der Waals surface area contributed by atoms with Crippen LogP contribution >= 0.6 is 11.3 Å². The molecule has 7 heteroatoms. The summed E-state index contributed by atoms with van der Waals surface area (Å²) in [6.07, 6.45) is 4.46. The number of carbonyl (C=O) groups is 1. The summed E-state index contributed by atoms with van der Waals surface area (Å²) in [6.45, 7) is 5.11. The number of aliphatic carboxylic acids is 1. The standard InChI is InChI=1S/C18H24N4O2S/c1-10-9-25-18-16(10)17(19-11(2)20-18)21-13-5-14(6-13)22(8-15(23)24)7-12-3-4-12/h9,12-14H,3-8H2,1-2H3,(H,23,24)(H,19,20,21). The largest absolute Gasteiger partial charge is 0.480 e. The molecular weight excluding hydrogens is 336 g/mol. The summed E-state index contributed by atoms with van der Waals surface area (Å²) in [6, 6.07) is 0.730. The molecule has 25 heavy (non-hydrogen) atoms. The van der Waals surface area contributed by atoms with Crippen LogP contribution in [-0.2, 0) is 4.79 Å². The smallest absolute Gasteiger partial charge is 0.317 e. The van der Waals surface area contributed by atoms with E-state index in [9.17, 15) is 4.79 Å². The van der Waals surface area contributed by atoms with E-state index in [0.717, 1.165) is 41.2 Å². The molecule has 0 spiro atoms. The van der Waals surface area contributed by atoms with E-state index in [-0.39, 0.29) is 6.54 Å². The second-order valence-electron chi connectivity index (χ2n) is 7.45. The number of aryl methyl sites for hydroxylation is 2. The minimum atomic E-state index is -0.723. The quantitative estimate of drug-likeness (QED) is 0.790. The van der Waals surface area contributed by atoms with Gasteiger partial charge in [0.25, 0.3) is 0 Å². The lowest BCUT2D eigenvalue weighted by atomic mass is 9.85. The van der Waals surface area contributed by atoms with Crippen molar-refractivity contribution in [1.82, 2.24) is 14.9 Å². The summed E-state index contributed by atoms with van der Waals surface area (Å²) in [5, 5.41) is 16.0. The molecule has 2 aliphatic carbocycles. The molecule has 134 valence electrons. The molecule has 2 heterocycles. The Kier molecular flexibility index (Phi) is 4.37. The van der Waals surface area contributed by atoms with Gasteiger partial charge in [-0.05, 0) is 56.4 Å². The van der Waals surface area contributed by atoms with E-state index in [4.69, 9.17) is 5.11 Å². The van der Waals surface area contributed by atoms with Crippen LogP contribution in [0.2, 0.25) is 0 Å². The van der Waals surface area contributed by atoms with Crippen molar-refractivity contribution in [3.63, 3.8) is 0 Å². The molecule has 0 saturated heterocycles. The monoisotopic (exact) mass is 360 g/mol. The molecule has 6 nitrogen and oxygen atoms in total. The van der Waals surface area contributed by atoms with Crippen LogP contribution in [0.25, 0.3) is 10.2 Å². The van der Waals surface area contributed by atoms with Crippen molar-refractivity contribution >= 4 is 33.3 Å². The van der Waals surface area contributed by atoms with Crippen molar-refractivity contribution in [1.29, 1.82) is 0 Å². The minimum absolute atomic E-state index is 0.161. The zero-order valence-corrected chi connectivity index (χ0v) is 15.5. The molecule has 2 aromatic rings. The number of nitrogens with one attached hydrogen (secondary N) is 1. The Bertz CT molecular complexity index is 796. The number of rotatable bonds is 7. The first kappa shape index (κ1) is 16.7. The summed E-state index contributed by atoms with van der Waals surface area (Å²) in [5.41, 5.74) is 1.21. The lowest BCUT2D eigenvalue weighted by Crippen LogP contribution is -2.52. The van der Waals surface area contributed by atoms with Crippen molar-refractivity contribution in [2.24, 2.45) is 5.92 Å². The van der Waals surface area contributed by atoms with Crippen molar-refractivity contribution in [3.05, 3.63) is 16.8 Å². The van der Waals surface area contributed by atoms with Gasteiger partial charge in [0.15, 0.2) is 0 Å². The number of hydrogen-bond donors (Lipinski definition) is 2. The lowest BCUT2D eigenvalue weighted by molar-refractivity contribution is -0.139. The molecule has 0 bridgehead atoms. The third-order valence-corrected chi connectivity index (χ3v) is 6.22. The second kappa shape index (κ2) is 6.53. The zero-order valence-electron chi connectivity index (χ0n) is 14.7. The fraction of sp³-hybridized carbons (Fsp3) is 0.611. The van der Waals surface area contributed by atoms with Crippen molar-refractivity contribution in [3.8, 4) is 0 Å². The first-order valence-corrected chi connectivity index (χ1v) is 9.82. The third kappa shape index (κ3) is 3.62. The average Bonchev–Trinajstić information content (AvgIpc) is 3.23. The van der Waals surface area contributed by atoms with Crippen LogP contribution in [0.4, 0.5) is 5.82 Å². The average molecular weight is 360 g/mol.